The second-order valence-corrected chi connectivity index (χ2v) is 6.30. The molecule has 0 aliphatic heterocycles. The van der Waals surface area contributed by atoms with E-state index in [1.807, 2.05) is 30.3 Å². The molecular weight excluding hydrogens is 353 g/mol. The summed E-state index contributed by atoms with van der Waals surface area (Å²) in [6, 6.07) is 13.1. The molecule has 2 rings (SSSR count). The average molecular weight is 371 g/mol. The van der Waals surface area contributed by atoms with Crippen molar-refractivity contribution in [2.75, 3.05) is 13.1 Å². The van der Waals surface area contributed by atoms with Gasteiger partial charge in [-0.2, -0.15) is 0 Å². The lowest BCUT2D eigenvalue weighted by Gasteiger charge is -2.18. The molecule has 1 atom stereocenters. The molecule has 1 unspecified atom stereocenters. The van der Waals surface area contributed by atoms with Crippen LogP contribution in [0.5, 0.6) is 0 Å². The zero-order chi connectivity index (χ0) is 15.2. The van der Waals surface area contributed by atoms with E-state index in [0.717, 1.165) is 30.1 Å². The van der Waals surface area contributed by atoms with E-state index in [4.69, 9.17) is 11.6 Å². The minimum Gasteiger partial charge on any atom is -0.316 e. The maximum Gasteiger partial charge on any atom is 0.137 e. The molecule has 2 aromatic rings. The summed E-state index contributed by atoms with van der Waals surface area (Å²) in [5.74, 6) is 0.0748. The highest BCUT2D eigenvalue weighted by molar-refractivity contribution is 9.10. The number of rotatable bonds is 6. The third kappa shape index (κ3) is 4.80. The fourth-order valence-electron chi connectivity index (χ4n) is 2.34. The highest BCUT2D eigenvalue weighted by atomic mass is 79.9. The van der Waals surface area contributed by atoms with Crippen molar-refractivity contribution in [3.05, 3.63) is 68.9 Å². The van der Waals surface area contributed by atoms with Gasteiger partial charge in [-0.05, 0) is 64.3 Å². The molecule has 112 valence electrons. The Morgan fingerprint density at radius 2 is 2.05 bits per heavy atom. The summed E-state index contributed by atoms with van der Waals surface area (Å²) in [6.45, 7) is 3.87. The lowest BCUT2D eigenvalue weighted by atomic mass is 9.92. The van der Waals surface area contributed by atoms with E-state index >= 15 is 0 Å². The minimum absolute atomic E-state index is 0.232. The summed E-state index contributed by atoms with van der Waals surface area (Å²) in [5.41, 5.74) is 2.30. The molecular formula is C17H18BrClFN. The van der Waals surface area contributed by atoms with Gasteiger partial charge in [-0.1, -0.05) is 36.7 Å². The van der Waals surface area contributed by atoms with Gasteiger partial charge < -0.3 is 5.32 Å². The molecule has 0 saturated carbocycles. The van der Waals surface area contributed by atoms with E-state index in [2.05, 4.69) is 34.2 Å². The molecule has 0 fully saturated rings. The van der Waals surface area contributed by atoms with Crippen molar-refractivity contribution < 1.29 is 4.39 Å². The molecule has 1 N–H and O–H groups in total. The van der Waals surface area contributed by atoms with Gasteiger partial charge in [0.05, 0.1) is 4.47 Å². The third-order valence-electron chi connectivity index (χ3n) is 3.43. The normalized spacial score (nSPS) is 12.4. The Kier molecular flexibility index (Phi) is 6.22. The summed E-state index contributed by atoms with van der Waals surface area (Å²) in [7, 11) is 0. The van der Waals surface area contributed by atoms with E-state index < -0.39 is 0 Å². The molecule has 2 aromatic carbocycles. The van der Waals surface area contributed by atoms with Crippen LogP contribution in [0, 0.1) is 5.82 Å². The second kappa shape index (κ2) is 7.92. The molecule has 0 aliphatic rings. The van der Waals surface area contributed by atoms with Crippen molar-refractivity contribution in [2.24, 2.45) is 0 Å². The fourth-order valence-corrected chi connectivity index (χ4v) is 2.96. The lowest BCUT2D eigenvalue weighted by Crippen LogP contribution is -2.22. The second-order valence-electron chi connectivity index (χ2n) is 5.01. The number of hydrogen-bond donors (Lipinski definition) is 1. The number of halogens is 3. The van der Waals surface area contributed by atoms with Crippen molar-refractivity contribution in [1.82, 2.24) is 5.32 Å². The summed E-state index contributed by atoms with van der Waals surface area (Å²) >= 11 is 9.34. The van der Waals surface area contributed by atoms with Gasteiger partial charge in [0.2, 0.25) is 0 Å². The molecule has 0 aromatic heterocycles. The largest absolute Gasteiger partial charge is 0.316 e. The summed E-state index contributed by atoms with van der Waals surface area (Å²) in [4.78, 5) is 0. The van der Waals surface area contributed by atoms with Gasteiger partial charge >= 0.3 is 0 Å². The van der Waals surface area contributed by atoms with Crippen LogP contribution in [0.2, 0.25) is 5.02 Å². The van der Waals surface area contributed by atoms with E-state index in [9.17, 15) is 4.39 Å². The van der Waals surface area contributed by atoms with Crippen molar-refractivity contribution in [1.29, 1.82) is 0 Å². The monoisotopic (exact) mass is 369 g/mol. The molecule has 0 aliphatic carbocycles. The Balaban J connectivity index is 2.21. The molecule has 0 bridgehead atoms. The molecule has 0 amide bonds. The smallest absolute Gasteiger partial charge is 0.137 e. The highest BCUT2D eigenvalue weighted by Crippen LogP contribution is 2.25. The summed E-state index contributed by atoms with van der Waals surface area (Å²) in [6.07, 6.45) is 0.840. The maximum atomic E-state index is 13.3. The Morgan fingerprint density at radius 1 is 1.24 bits per heavy atom. The van der Waals surface area contributed by atoms with Crippen LogP contribution in [0.25, 0.3) is 0 Å². The predicted octanol–water partition coefficient (Wildman–Crippen LogP) is 5.18. The number of hydrogen-bond acceptors (Lipinski definition) is 1. The predicted molar refractivity (Wildman–Crippen MR) is 90.5 cm³/mol. The Labute approximate surface area is 138 Å². The highest BCUT2D eigenvalue weighted by Gasteiger charge is 2.13. The molecule has 4 heteroatoms. The van der Waals surface area contributed by atoms with Crippen molar-refractivity contribution in [3.8, 4) is 0 Å². The van der Waals surface area contributed by atoms with Crippen LogP contribution in [0.4, 0.5) is 4.39 Å². The van der Waals surface area contributed by atoms with Crippen molar-refractivity contribution >= 4 is 27.5 Å². The van der Waals surface area contributed by atoms with E-state index in [1.165, 1.54) is 11.6 Å². The first kappa shape index (κ1) is 16.5. The molecule has 21 heavy (non-hydrogen) atoms. The standard InChI is InChI=1S/C17H18BrClFN/c1-2-21-11-14(13-4-3-5-15(19)10-13)8-12-6-7-17(20)16(18)9-12/h3-7,9-10,14,21H,2,8,11H2,1H3. The van der Waals surface area contributed by atoms with Gasteiger partial charge in [-0.25, -0.2) is 4.39 Å². The average Bonchev–Trinajstić information content (AvgIpc) is 2.47. The first-order valence-electron chi connectivity index (χ1n) is 7.00. The van der Waals surface area contributed by atoms with Crippen LogP contribution in [0.15, 0.2) is 46.9 Å². The van der Waals surface area contributed by atoms with E-state index in [1.54, 1.807) is 0 Å². The fraction of sp³-hybridized carbons (Fsp3) is 0.294. The van der Waals surface area contributed by atoms with Gasteiger partial charge in [-0.3, -0.25) is 0 Å². The van der Waals surface area contributed by atoms with Crippen molar-refractivity contribution in [3.63, 3.8) is 0 Å². The minimum atomic E-state index is -0.232. The van der Waals surface area contributed by atoms with E-state index in [-0.39, 0.29) is 5.82 Å². The Hall–Kier alpha value is -0.900. The maximum absolute atomic E-state index is 13.3. The zero-order valence-electron chi connectivity index (χ0n) is 11.9. The van der Waals surface area contributed by atoms with Gasteiger partial charge in [0.15, 0.2) is 0 Å². The molecule has 0 saturated heterocycles. The van der Waals surface area contributed by atoms with Gasteiger partial charge in [0.25, 0.3) is 0 Å². The van der Waals surface area contributed by atoms with Gasteiger partial charge in [-0.15, -0.1) is 0 Å². The van der Waals surface area contributed by atoms with Crippen LogP contribution < -0.4 is 5.32 Å². The number of benzene rings is 2. The Bertz CT molecular complexity index is 603. The molecule has 0 spiro atoms. The first-order chi connectivity index (χ1) is 10.1. The van der Waals surface area contributed by atoms with Gasteiger partial charge in [0, 0.05) is 17.5 Å². The van der Waals surface area contributed by atoms with Crippen molar-refractivity contribution in [2.45, 2.75) is 19.3 Å². The lowest BCUT2D eigenvalue weighted by molar-refractivity contribution is 0.591. The van der Waals surface area contributed by atoms with Crippen LogP contribution in [-0.4, -0.2) is 13.1 Å². The Morgan fingerprint density at radius 3 is 2.71 bits per heavy atom. The molecule has 0 radical (unpaired) electrons. The molecule has 0 heterocycles. The topological polar surface area (TPSA) is 12.0 Å². The summed E-state index contributed by atoms with van der Waals surface area (Å²) in [5, 5.41) is 4.13. The SMILES string of the molecule is CCNCC(Cc1ccc(F)c(Br)c1)c1cccc(Cl)c1. The van der Waals surface area contributed by atoms with Crippen LogP contribution >= 0.6 is 27.5 Å². The van der Waals surface area contributed by atoms with Crippen LogP contribution in [-0.2, 0) is 6.42 Å². The number of likely N-dealkylation sites (N-methyl/N-ethyl adjacent to an activating group) is 1. The molecule has 1 nitrogen and oxygen atoms in total. The quantitative estimate of drug-likeness (QED) is 0.739. The van der Waals surface area contributed by atoms with Gasteiger partial charge in [0.1, 0.15) is 5.82 Å². The van der Waals surface area contributed by atoms with Crippen LogP contribution in [0.3, 0.4) is 0 Å². The first-order valence-corrected chi connectivity index (χ1v) is 8.17. The van der Waals surface area contributed by atoms with Crippen LogP contribution in [0.1, 0.15) is 24.0 Å². The summed E-state index contributed by atoms with van der Waals surface area (Å²) < 4.78 is 13.8. The zero-order valence-corrected chi connectivity index (χ0v) is 14.2. The third-order valence-corrected chi connectivity index (χ3v) is 4.27. The number of nitrogens with one attached hydrogen (secondary N) is 1. The van der Waals surface area contributed by atoms with E-state index in [0.29, 0.717) is 10.4 Å².